The van der Waals surface area contributed by atoms with E-state index in [1.807, 2.05) is 48.5 Å². The van der Waals surface area contributed by atoms with Crippen molar-refractivity contribution in [3.8, 4) is 11.1 Å². The number of halogens is 2. The predicted molar refractivity (Wildman–Crippen MR) is 145 cm³/mol. The minimum absolute atomic E-state index is 0. The smallest absolute Gasteiger partial charge is 0.414 e. The summed E-state index contributed by atoms with van der Waals surface area (Å²) in [4.78, 5) is 41.9. The maximum Gasteiger partial charge on any atom is 0.414 e. The van der Waals surface area contributed by atoms with E-state index in [1.165, 1.54) is 0 Å². The van der Waals surface area contributed by atoms with E-state index in [0.29, 0.717) is 34.9 Å². The molecule has 2 aliphatic heterocycles. The van der Waals surface area contributed by atoms with Gasteiger partial charge >= 0.3 is 6.09 Å². The second kappa shape index (κ2) is 10.2. The second-order valence-electron chi connectivity index (χ2n) is 9.39. The summed E-state index contributed by atoms with van der Waals surface area (Å²) in [6.45, 7) is 1.84. The van der Waals surface area contributed by atoms with Gasteiger partial charge in [0.1, 0.15) is 6.61 Å². The lowest BCUT2D eigenvalue weighted by Gasteiger charge is -2.40. The van der Waals surface area contributed by atoms with E-state index < -0.39 is 0 Å². The molecule has 6 rings (SSSR count). The number of cyclic esters (lactones) is 1. The number of amides is 2. The first-order valence-corrected chi connectivity index (χ1v) is 12.4. The molecule has 0 aromatic heterocycles. The fourth-order valence-corrected chi connectivity index (χ4v) is 5.60. The van der Waals surface area contributed by atoms with Crippen LogP contribution < -0.4 is 10.2 Å². The van der Waals surface area contributed by atoms with Crippen LogP contribution in [0.1, 0.15) is 34.3 Å². The Morgan fingerprint density at radius 3 is 2.46 bits per heavy atom. The first kappa shape index (κ1) is 25.3. The Morgan fingerprint density at radius 1 is 0.946 bits per heavy atom. The van der Waals surface area contributed by atoms with E-state index in [-0.39, 0.29) is 49.4 Å². The second-order valence-corrected chi connectivity index (χ2v) is 9.82. The minimum atomic E-state index is -0.339. The molecule has 3 aliphatic rings. The third-order valence-corrected chi connectivity index (χ3v) is 7.38. The van der Waals surface area contributed by atoms with Gasteiger partial charge in [-0.1, -0.05) is 41.9 Å². The number of hydrogen-bond acceptors (Lipinski definition) is 5. The molecule has 37 heavy (non-hydrogen) atoms. The monoisotopic (exact) mass is 537 g/mol. The number of fused-ring (bicyclic) bond motifs is 4. The molecule has 3 aromatic rings. The number of carbonyl (C=O) groups excluding carboxylic acids is 3. The van der Waals surface area contributed by atoms with Crippen LogP contribution in [-0.4, -0.2) is 48.4 Å². The molecule has 7 nitrogen and oxygen atoms in total. The summed E-state index contributed by atoms with van der Waals surface area (Å²) in [6, 6.07) is 18.5. The molecule has 0 spiro atoms. The molecule has 0 unspecified atom stereocenters. The fraction of sp³-hybridized carbons (Fsp3) is 0.250. The van der Waals surface area contributed by atoms with Crippen LogP contribution >= 0.6 is 24.0 Å². The van der Waals surface area contributed by atoms with Gasteiger partial charge in [0.15, 0.2) is 5.78 Å². The van der Waals surface area contributed by atoms with Gasteiger partial charge in [-0.05, 0) is 54.3 Å². The first-order chi connectivity index (χ1) is 17.5. The summed E-state index contributed by atoms with van der Waals surface area (Å²) in [7, 11) is 0. The van der Waals surface area contributed by atoms with Crippen molar-refractivity contribution < 1.29 is 19.1 Å². The van der Waals surface area contributed by atoms with Crippen molar-refractivity contribution in [2.75, 3.05) is 29.9 Å². The molecule has 9 heteroatoms. The standard InChI is InChI=1S/C28H24ClN3O4.ClH/c29-18-5-8-25-17(13-18)16-36-28(35)32(25)20-9-11-31(12-10-20)15-26(33)30-19-6-7-22-21-3-1-2-4-23(21)27(34)24(22)14-19;/h1-8,13-14,20H,9-12,15-16H2,(H,30,33);1H. The molecular weight excluding hydrogens is 513 g/mol. The molecule has 190 valence electrons. The summed E-state index contributed by atoms with van der Waals surface area (Å²) in [6.07, 6.45) is 1.13. The molecule has 2 amide bonds. The number of anilines is 2. The average molecular weight is 538 g/mol. The van der Waals surface area contributed by atoms with Crippen molar-refractivity contribution >= 4 is 53.2 Å². The molecule has 3 aromatic carbocycles. The maximum absolute atomic E-state index is 12.8. The molecule has 0 bridgehead atoms. The van der Waals surface area contributed by atoms with Crippen LogP contribution in [0.5, 0.6) is 0 Å². The zero-order valence-corrected chi connectivity index (χ0v) is 21.5. The van der Waals surface area contributed by atoms with E-state index in [9.17, 15) is 14.4 Å². The quantitative estimate of drug-likeness (QED) is 0.370. The Balaban J connectivity index is 0.00000280. The molecule has 1 aliphatic carbocycles. The average Bonchev–Trinajstić information content (AvgIpc) is 3.16. The van der Waals surface area contributed by atoms with E-state index in [2.05, 4.69) is 10.2 Å². The highest BCUT2D eigenvalue weighted by Crippen LogP contribution is 2.38. The summed E-state index contributed by atoms with van der Waals surface area (Å²) in [5, 5.41) is 3.55. The molecule has 0 saturated carbocycles. The van der Waals surface area contributed by atoms with Crippen molar-refractivity contribution in [2.24, 2.45) is 0 Å². The largest absolute Gasteiger partial charge is 0.444 e. The number of likely N-dealkylation sites (tertiary alicyclic amines) is 1. The highest BCUT2D eigenvalue weighted by molar-refractivity contribution is 6.30. The van der Waals surface area contributed by atoms with Crippen LogP contribution in [0.25, 0.3) is 11.1 Å². The summed E-state index contributed by atoms with van der Waals surface area (Å²) in [5.74, 6) is -0.146. The van der Waals surface area contributed by atoms with Crippen LogP contribution in [0, 0.1) is 0 Å². The van der Waals surface area contributed by atoms with Crippen molar-refractivity contribution in [1.29, 1.82) is 0 Å². The molecule has 2 heterocycles. The third-order valence-electron chi connectivity index (χ3n) is 7.15. The summed E-state index contributed by atoms with van der Waals surface area (Å²) < 4.78 is 5.37. The van der Waals surface area contributed by atoms with Gasteiger partial charge in [-0.3, -0.25) is 19.4 Å². The lowest BCUT2D eigenvalue weighted by Crippen LogP contribution is -2.50. The van der Waals surface area contributed by atoms with Gasteiger partial charge in [0.25, 0.3) is 0 Å². The number of piperidine rings is 1. The predicted octanol–water partition coefficient (Wildman–Crippen LogP) is 5.53. The first-order valence-electron chi connectivity index (χ1n) is 12.0. The maximum atomic E-state index is 12.8. The Hall–Kier alpha value is -3.39. The number of rotatable bonds is 4. The van der Waals surface area contributed by atoms with Crippen molar-refractivity contribution in [2.45, 2.75) is 25.5 Å². The van der Waals surface area contributed by atoms with Gasteiger partial charge in [-0.15, -0.1) is 12.4 Å². The molecule has 0 atom stereocenters. The van der Waals surface area contributed by atoms with Gasteiger partial charge in [-0.25, -0.2) is 4.79 Å². The molecular formula is C28H25Cl2N3O4. The Morgan fingerprint density at radius 2 is 1.68 bits per heavy atom. The lowest BCUT2D eigenvalue weighted by atomic mass is 10.0. The topological polar surface area (TPSA) is 79.0 Å². The zero-order valence-electron chi connectivity index (χ0n) is 19.9. The van der Waals surface area contributed by atoms with Gasteiger partial charge in [0.05, 0.1) is 12.2 Å². The van der Waals surface area contributed by atoms with Crippen LogP contribution in [0.15, 0.2) is 60.7 Å². The minimum Gasteiger partial charge on any atom is -0.444 e. The van der Waals surface area contributed by atoms with Gasteiger partial charge in [0, 0.05) is 46.5 Å². The highest BCUT2D eigenvalue weighted by Gasteiger charge is 2.34. The molecule has 1 saturated heterocycles. The van der Waals surface area contributed by atoms with Crippen LogP contribution in [0.4, 0.5) is 16.2 Å². The zero-order chi connectivity index (χ0) is 24.8. The van der Waals surface area contributed by atoms with E-state index >= 15 is 0 Å². The molecule has 1 N–H and O–H groups in total. The van der Waals surface area contributed by atoms with E-state index in [4.69, 9.17) is 16.3 Å². The van der Waals surface area contributed by atoms with Gasteiger partial charge < -0.3 is 10.1 Å². The molecule has 1 fully saturated rings. The number of hydrogen-bond donors (Lipinski definition) is 1. The number of benzene rings is 3. The Kier molecular flexibility index (Phi) is 6.94. The number of carbonyl (C=O) groups is 3. The van der Waals surface area contributed by atoms with E-state index in [0.717, 1.165) is 35.2 Å². The number of nitrogens with one attached hydrogen (secondary N) is 1. The van der Waals surface area contributed by atoms with Crippen molar-refractivity contribution in [3.63, 3.8) is 0 Å². The van der Waals surface area contributed by atoms with Crippen molar-refractivity contribution in [3.05, 3.63) is 82.4 Å². The van der Waals surface area contributed by atoms with Crippen LogP contribution in [0.3, 0.4) is 0 Å². The highest BCUT2D eigenvalue weighted by atomic mass is 35.5. The normalized spacial score (nSPS) is 16.8. The fourth-order valence-electron chi connectivity index (χ4n) is 5.40. The van der Waals surface area contributed by atoms with Crippen LogP contribution in [-0.2, 0) is 16.1 Å². The van der Waals surface area contributed by atoms with E-state index in [1.54, 1.807) is 17.0 Å². The number of nitrogens with zero attached hydrogens (tertiary/aromatic N) is 2. The Labute approximate surface area is 225 Å². The number of ether oxygens (including phenoxy) is 1. The summed E-state index contributed by atoms with van der Waals surface area (Å²) in [5.41, 5.74) is 5.50. The summed E-state index contributed by atoms with van der Waals surface area (Å²) >= 11 is 6.11. The van der Waals surface area contributed by atoms with Gasteiger partial charge in [-0.2, -0.15) is 0 Å². The Bertz CT molecular complexity index is 1400. The third kappa shape index (κ3) is 4.70. The lowest BCUT2D eigenvalue weighted by molar-refractivity contribution is -0.117. The SMILES string of the molecule is Cl.O=C(CN1CCC(N2C(=O)OCc3cc(Cl)ccc32)CC1)Nc1ccc2c(c1)C(=O)c1ccccc1-2. The van der Waals surface area contributed by atoms with Crippen LogP contribution in [0.2, 0.25) is 5.02 Å². The van der Waals surface area contributed by atoms with Gasteiger partial charge in [0.2, 0.25) is 5.91 Å². The van der Waals surface area contributed by atoms with Crippen molar-refractivity contribution in [1.82, 2.24) is 4.90 Å². The number of ketones is 1. The molecule has 0 radical (unpaired) electrons.